The van der Waals surface area contributed by atoms with E-state index in [-0.39, 0.29) is 41.1 Å². The molecule has 3 rings (SSSR count). The number of rotatable bonds is 9. The number of hydrogen-bond donors (Lipinski definition) is 1. The number of benzene rings is 2. The first-order chi connectivity index (χ1) is 15.3. The molecule has 1 N–H and O–H groups in total. The van der Waals surface area contributed by atoms with Gasteiger partial charge in [0.05, 0.1) is 22.9 Å². The highest BCUT2D eigenvalue weighted by Gasteiger charge is 2.22. The van der Waals surface area contributed by atoms with E-state index in [1.165, 1.54) is 24.3 Å². The predicted octanol–water partition coefficient (Wildman–Crippen LogP) is 4.83. The number of nitrogens with one attached hydrogen (secondary N) is 1. The lowest BCUT2D eigenvalue weighted by Gasteiger charge is -2.05. The maximum atomic E-state index is 12.4. The van der Waals surface area contributed by atoms with Gasteiger partial charge in [0.25, 0.3) is 0 Å². The van der Waals surface area contributed by atoms with Crippen molar-refractivity contribution < 1.29 is 22.7 Å². The number of halogens is 1. The Kier molecular flexibility index (Phi) is 8.00. The zero-order valence-electron chi connectivity index (χ0n) is 17.2. The molecule has 3 aromatic rings. The first kappa shape index (κ1) is 23.9. The molecule has 1 amide bonds. The Bertz CT molecular complexity index is 1190. The highest BCUT2D eigenvalue weighted by molar-refractivity contribution is 7.91. The van der Waals surface area contributed by atoms with Crippen LogP contribution in [0.5, 0.6) is 0 Å². The molecule has 0 atom stereocenters. The fourth-order valence-corrected chi connectivity index (χ4v) is 5.20. The average molecular weight is 493 g/mol. The lowest BCUT2D eigenvalue weighted by Crippen LogP contribution is -2.14. The maximum absolute atomic E-state index is 12.4. The Morgan fingerprint density at radius 3 is 2.44 bits per heavy atom. The zero-order chi connectivity index (χ0) is 23.1. The van der Waals surface area contributed by atoms with Crippen LogP contribution in [-0.2, 0) is 19.4 Å². The first-order valence-electron chi connectivity index (χ1n) is 9.81. The van der Waals surface area contributed by atoms with Crippen LogP contribution in [0.1, 0.15) is 29.4 Å². The number of aromatic nitrogens is 1. The highest BCUT2D eigenvalue weighted by atomic mass is 35.5. The molecule has 1 aromatic heterocycles. The van der Waals surface area contributed by atoms with Gasteiger partial charge in [-0.1, -0.05) is 53.3 Å². The summed E-state index contributed by atoms with van der Waals surface area (Å²) in [5.74, 6) is -1.08. The van der Waals surface area contributed by atoms with Crippen molar-refractivity contribution >= 4 is 49.8 Å². The van der Waals surface area contributed by atoms with E-state index < -0.39 is 15.8 Å². The molecule has 0 aliphatic carbocycles. The average Bonchev–Trinajstić information content (AvgIpc) is 3.18. The number of anilines is 1. The third-order valence-corrected chi connectivity index (χ3v) is 7.39. The topological polar surface area (TPSA) is 102 Å². The Balaban J connectivity index is 1.66. The summed E-state index contributed by atoms with van der Waals surface area (Å²) < 4.78 is 29.9. The smallest absolute Gasteiger partial charge is 0.350 e. The monoisotopic (exact) mass is 492 g/mol. The molecule has 0 aliphatic heterocycles. The Morgan fingerprint density at radius 2 is 1.78 bits per heavy atom. The van der Waals surface area contributed by atoms with Crippen molar-refractivity contribution in [3.63, 3.8) is 0 Å². The summed E-state index contributed by atoms with van der Waals surface area (Å²) >= 11 is 6.81. The zero-order valence-corrected chi connectivity index (χ0v) is 19.6. The molecule has 7 nitrogen and oxygen atoms in total. The summed E-state index contributed by atoms with van der Waals surface area (Å²) in [6, 6.07) is 15.0. The fourth-order valence-electron chi connectivity index (χ4n) is 2.86. The number of carbonyl (C=O) groups excluding carboxylic acids is 2. The van der Waals surface area contributed by atoms with Gasteiger partial charge in [-0.05, 0) is 37.6 Å². The molecule has 2 aromatic carbocycles. The van der Waals surface area contributed by atoms with Crippen molar-refractivity contribution in [1.82, 2.24) is 4.98 Å². The summed E-state index contributed by atoms with van der Waals surface area (Å²) in [6.45, 7) is 1.93. The van der Waals surface area contributed by atoms with Crippen molar-refractivity contribution in [3.05, 3.63) is 64.5 Å². The van der Waals surface area contributed by atoms with Gasteiger partial charge in [0.2, 0.25) is 5.91 Å². The molecule has 32 heavy (non-hydrogen) atoms. The summed E-state index contributed by atoms with van der Waals surface area (Å²) in [4.78, 5) is 29.5. The van der Waals surface area contributed by atoms with E-state index in [0.29, 0.717) is 15.6 Å². The first-order valence-corrected chi connectivity index (χ1v) is 12.7. The van der Waals surface area contributed by atoms with Crippen LogP contribution in [-0.4, -0.2) is 37.6 Å². The molecule has 10 heteroatoms. The number of nitrogens with zero attached hydrogens (tertiary/aromatic N) is 1. The molecule has 0 bridgehead atoms. The van der Waals surface area contributed by atoms with Crippen LogP contribution in [0, 0.1) is 0 Å². The van der Waals surface area contributed by atoms with Gasteiger partial charge in [0, 0.05) is 17.0 Å². The quantitative estimate of drug-likeness (QED) is 0.429. The minimum absolute atomic E-state index is 0.0121. The van der Waals surface area contributed by atoms with Gasteiger partial charge in [-0.25, -0.2) is 18.2 Å². The molecule has 1 heterocycles. The van der Waals surface area contributed by atoms with Gasteiger partial charge in [0.15, 0.2) is 15.0 Å². The van der Waals surface area contributed by atoms with Crippen LogP contribution < -0.4 is 5.32 Å². The maximum Gasteiger partial charge on any atom is 0.350 e. The summed E-state index contributed by atoms with van der Waals surface area (Å²) in [5, 5.41) is 3.35. The third kappa shape index (κ3) is 6.15. The number of ether oxygens (including phenoxy) is 1. The Labute approximate surface area is 195 Å². The van der Waals surface area contributed by atoms with E-state index in [9.17, 15) is 18.0 Å². The second kappa shape index (κ2) is 10.7. The van der Waals surface area contributed by atoms with Gasteiger partial charge >= 0.3 is 5.97 Å². The summed E-state index contributed by atoms with van der Waals surface area (Å²) in [5.41, 5.74) is 1.15. The molecular formula is C22H21ClN2O5S2. The van der Waals surface area contributed by atoms with Crippen molar-refractivity contribution in [3.8, 4) is 11.3 Å². The molecule has 0 aliphatic rings. The van der Waals surface area contributed by atoms with E-state index in [0.717, 1.165) is 16.9 Å². The van der Waals surface area contributed by atoms with E-state index in [1.807, 2.05) is 30.3 Å². The Morgan fingerprint density at radius 1 is 1.09 bits per heavy atom. The van der Waals surface area contributed by atoms with Crippen LogP contribution in [0.4, 0.5) is 5.13 Å². The Hall–Kier alpha value is -2.75. The van der Waals surface area contributed by atoms with Gasteiger partial charge in [0.1, 0.15) is 4.88 Å². The predicted molar refractivity (Wildman–Crippen MR) is 125 cm³/mol. The van der Waals surface area contributed by atoms with Crippen molar-refractivity contribution in [2.24, 2.45) is 0 Å². The van der Waals surface area contributed by atoms with Gasteiger partial charge in [-0.15, -0.1) is 0 Å². The minimum Gasteiger partial charge on any atom is -0.462 e. The molecule has 0 fully saturated rings. The molecule has 0 spiro atoms. The summed E-state index contributed by atoms with van der Waals surface area (Å²) in [7, 11) is -3.51. The molecular weight excluding hydrogens is 472 g/mol. The van der Waals surface area contributed by atoms with Crippen molar-refractivity contribution in [2.45, 2.75) is 24.7 Å². The number of sulfone groups is 1. The van der Waals surface area contributed by atoms with E-state index in [2.05, 4.69) is 10.3 Å². The van der Waals surface area contributed by atoms with E-state index in [4.69, 9.17) is 16.3 Å². The normalized spacial score (nSPS) is 11.2. The molecule has 0 saturated heterocycles. The number of thiazole rings is 1. The largest absolute Gasteiger partial charge is 0.462 e. The van der Waals surface area contributed by atoms with Crippen molar-refractivity contribution in [1.29, 1.82) is 0 Å². The van der Waals surface area contributed by atoms with Crippen LogP contribution in [0.2, 0.25) is 5.02 Å². The second-order valence-corrected chi connectivity index (χ2v) is 10.3. The van der Waals surface area contributed by atoms with Crippen LogP contribution in [0.25, 0.3) is 11.3 Å². The standard InChI is InChI=1S/C22H21ClN2O5S2/c1-2-30-21(27)20-19(15-7-4-3-5-8-15)25-22(31-20)24-18(26)9-6-14-32(28,29)17-12-10-16(23)11-13-17/h3-5,7-8,10-13H,2,6,9,14H2,1H3,(H,24,25,26). The van der Waals surface area contributed by atoms with Gasteiger partial charge in [-0.3, -0.25) is 4.79 Å². The molecule has 168 valence electrons. The van der Waals surface area contributed by atoms with E-state index >= 15 is 0 Å². The third-order valence-electron chi connectivity index (χ3n) is 4.37. The number of amides is 1. The number of esters is 1. The van der Waals surface area contributed by atoms with Crippen LogP contribution in [0.3, 0.4) is 0 Å². The fraction of sp³-hybridized carbons (Fsp3) is 0.227. The van der Waals surface area contributed by atoms with Crippen LogP contribution >= 0.6 is 22.9 Å². The van der Waals surface area contributed by atoms with Crippen molar-refractivity contribution in [2.75, 3.05) is 17.7 Å². The van der Waals surface area contributed by atoms with E-state index in [1.54, 1.807) is 6.92 Å². The lowest BCUT2D eigenvalue weighted by atomic mass is 10.1. The number of hydrogen-bond acceptors (Lipinski definition) is 7. The second-order valence-electron chi connectivity index (χ2n) is 6.71. The summed E-state index contributed by atoms with van der Waals surface area (Å²) in [6.07, 6.45) is 0.125. The number of carbonyl (C=O) groups is 2. The van der Waals surface area contributed by atoms with Gasteiger partial charge < -0.3 is 10.1 Å². The van der Waals surface area contributed by atoms with Crippen LogP contribution in [0.15, 0.2) is 59.5 Å². The SMILES string of the molecule is CCOC(=O)c1sc(NC(=O)CCCS(=O)(=O)c2ccc(Cl)cc2)nc1-c1ccccc1. The lowest BCUT2D eigenvalue weighted by molar-refractivity contribution is -0.116. The minimum atomic E-state index is -3.51. The van der Waals surface area contributed by atoms with Gasteiger partial charge in [-0.2, -0.15) is 0 Å². The molecule has 0 radical (unpaired) electrons. The highest BCUT2D eigenvalue weighted by Crippen LogP contribution is 2.32. The molecule has 0 saturated carbocycles. The molecule has 0 unspecified atom stereocenters.